The second-order valence-electron chi connectivity index (χ2n) is 6.70. The van der Waals surface area contributed by atoms with E-state index >= 15 is 0 Å². The molecule has 2 aromatic rings. The summed E-state index contributed by atoms with van der Waals surface area (Å²) in [5.41, 5.74) is -0.218. The van der Waals surface area contributed by atoms with Crippen LogP contribution in [0.4, 0.5) is 19.0 Å². The van der Waals surface area contributed by atoms with Crippen molar-refractivity contribution in [2.75, 3.05) is 31.1 Å². The molecule has 1 saturated heterocycles. The normalized spacial score (nSPS) is 14.8. The molecule has 1 fully saturated rings. The molecule has 1 amide bonds. The van der Waals surface area contributed by atoms with E-state index in [0.29, 0.717) is 37.6 Å². The zero-order valence-corrected chi connectivity index (χ0v) is 17.0. The molecule has 0 bridgehead atoms. The number of hydrogen-bond donors (Lipinski definition) is 0. The predicted molar refractivity (Wildman–Crippen MR) is 106 cm³/mol. The topological polar surface area (TPSA) is 53.5 Å². The molecule has 0 atom stereocenters. The van der Waals surface area contributed by atoms with E-state index in [-0.39, 0.29) is 24.5 Å². The lowest BCUT2D eigenvalue weighted by molar-refractivity contribution is -0.137. The van der Waals surface area contributed by atoms with Crippen LogP contribution in [-0.4, -0.2) is 47.8 Å². The maximum atomic E-state index is 12.6. The smallest absolute Gasteiger partial charge is 0.353 e. The number of carbonyl (C=O) groups excluding carboxylic acids is 2. The zero-order chi connectivity index (χ0) is 21.0. The lowest BCUT2D eigenvalue weighted by Gasteiger charge is -2.35. The van der Waals surface area contributed by atoms with Gasteiger partial charge in [-0.1, -0.05) is 28.1 Å². The minimum absolute atomic E-state index is 0.0848. The number of Topliss-reactive ketones (excluding diaryl/α,β-unsaturated/α-hetero) is 1. The summed E-state index contributed by atoms with van der Waals surface area (Å²) in [6, 6.07) is 9.34. The lowest BCUT2D eigenvalue weighted by atomic mass is 10.1. The van der Waals surface area contributed by atoms with E-state index in [1.165, 1.54) is 6.07 Å². The molecule has 1 aromatic carbocycles. The van der Waals surface area contributed by atoms with Crippen LogP contribution in [-0.2, 0) is 11.0 Å². The third-order valence-corrected chi connectivity index (χ3v) is 5.29. The minimum Gasteiger partial charge on any atom is -0.353 e. The number of carbonyl (C=O) groups is 2. The molecule has 0 saturated carbocycles. The van der Waals surface area contributed by atoms with E-state index in [4.69, 9.17) is 0 Å². The number of aromatic nitrogens is 1. The van der Waals surface area contributed by atoms with E-state index in [0.717, 1.165) is 16.7 Å². The number of hydrogen-bond acceptors (Lipinski definition) is 4. The number of nitrogens with zero attached hydrogens (tertiary/aromatic N) is 3. The molecular weight excluding hydrogens is 451 g/mol. The van der Waals surface area contributed by atoms with E-state index in [1.807, 2.05) is 4.90 Å². The Morgan fingerprint density at radius 1 is 0.966 bits per heavy atom. The van der Waals surface area contributed by atoms with Gasteiger partial charge in [0, 0.05) is 55.3 Å². The summed E-state index contributed by atoms with van der Waals surface area (Å²) in [4.78, 5) is 32.0. The standard InChI is InChI=1S/C20H19BrF3N3O2/c21-16-4-1-14(2-5-16)17(28)6-8-19(29)27-11-9-26(10-12-27)18-7-3-15(13-25-18)20(22,23)24/h1-5,7,13H,6,8-12H2. The monoisotopic (exact) mass is 469 g/mol. The Bertz CT molecular complexity index is 862. The highest BCUT2D eigenvalue weighted by atomic mass is 79.9. The van der Waals surface area contributed by atoms with Crippen molar-refractivity contribution in [2.24, 2.45) is 0 Å². The van der Waals surface area contributed by atoms with Gasteiger partial charge in [-0.15, -0.1) is 0 Å². The van der Waals surface area contributed by atoms with Gasteiger partial charge >= 0.3 is 6.18 Å². The summed E-state index contributed by atoms with van der Waals surface area (Å²) in [5.74, 6) is 0.268. The van der Waals surface area contributed by atoms with Crippen LogP contribution in [0.2, 0.25) is 0 Å². The highest BCUT2D eigenvalue weighted by molar-refractivity contribution is 9.10. The molecule has 29 heavy (non-hydrogen) atoms. The Morgan fingerprint density at radius 2 is 1.62 bits per heavy atom. The Hall–Kier alpha value is -2.42. The van der Waals surface area contributed by atoms with E-state index in [9.17, 15) is 22.8 Å². The van der Waals surface area contributed by atoms with Crippen molar-refractivity contribution in [1.29, 1.82) is 0 Å². The molecule has 0 radical (unpaired) electrons. The number of benzene rings is 1. The molecule has 3 rings (SSSR count). The number of amides is 1. The fraction of sp³-hybridized carbons (Fsp3) is 0.350. The summed E-state index contributed by atoms with van der Waals surface area (Å²) in [6.45, 7) is 1.83. The lowest BCUT2D eigenvalue weighted by Crippen LogP contribution is -2.49. The number of ketones is 1. The van der Waals surface area contributed by atoms with Crippen molar-refractivity contribution >= 4 is 33.4 Å². The van der Waals surface area contributed by atoms with Gasteiger partial charge < -0.3 is 9.80 Å². The molecule has 2 heterocycles. The summed E-state index contributed by atoms with van der Waals surface area (Å²) < 4.78 is 38.8. The van der Waals surface area contributed by atoms with Gasteiger partial charge in [0.15, 0.2) is 5.78 Å². The molecular formula is C20H19BrF3N3O2. The fourth-order valence-electron chi connectivity index (χ4n) is 3.08. The molecule has 0 aliphatic carbocycles. The van der Waals surface area contributed by atoms with E-state index in [1.54, 1.807) is 29.2 Å². The van der Waals surface area contributed by atoms with Crippen LogP contribution in [0.15, 0.2) is 47.1 Å². The fourth-order valence-corrected chi connectivity index (χ4v) is 3.35. The van der Waals surface area contributed by atoms with E-state index in [2.05, 4.69) is 20.9 Å². The third-order valence-electron chi connectivity index (χ3n) is 4.76. The van der Waals surface area contributed by atoms with Gasteiger partial charge in [0.05, 0.1) is 5.56 Å². The Balaban J connectivity index is 1.48. The Kier molecular flexibility index (Phi) is 6.56. The first-order valence-electron chi connectivity index (χ1n) is 9.09. The van der Waals surface area contributed by atoms with Crippen molar-refractivity contribution < 1.29 is 22.8 Å². The zero-order valence-electron chi connectivity index (χ0n) is 15.5. The van der Waals surface area contributed by atoms with E-state index < -0.39 is 11.7 Å². The van der Waals surface area contributed by atoms with Gasteiger partial charge in [-0.25, -0.2) is 4.98 Å². The first-order valence-corrected chi connectivity index (χ1v) is 9.88. The minimum atomic E-state index is -4.41. The highest BCUT2D eigenvalue weighted by Gasteiger charge is 2.31. The van der Waals surface area contributed by atoms with Crippen LogP contribution in [0.5, 0.6) is 0 Å². The first-order chi connectivity index (χ1) is 13.7. The molecule has 0 unspecified atom stereocenters. The molecule has 5 nitrogen and oxygen atoms in total. The summed E-state index contributed by atoms with van der Waals surface area (Å²) in [7, 11) is 0. The van der Waals surface area contributed by atoms with Crippen molar-refractivity contribution in [3.63, 3.8) is 0 Å². The second kappa shape index (κ2) is 8.94. The van der Waals surface area contributed by atoms with Gasteiger partial charge in [0.2, 0.25) is 5.91 Å². The molecule has 154 valence electrons. The SMILES string of the molecule is O=C(CCC(=O)N1CCN(c2ccc(C(F)(F)F)cn2)CC1)c1ccc(Br)cc1. The summed E-state index contributed by atoms with van der Waals surface area (Å²) in [5, 5.41) is 0. The second-order valence-corrected chi connectivity index (χ2v) is 7.62. The quantitative estimate of drug-likeness (QED) is 0.616. The molecule has 0 spiro atoms. The first kappa shape index (κ1) is 21.3. The number of alkyl halides is 3. The van der Waals surface area contributed by atoms with Crippen molar-refractivity contribution in [1.82, 2.24) is 9.88 Å². The van der Waals surface area contributed by atoms with Crippen LogP contribution in [0, 0.1) is 0 Å². The number of pyridine rings is 1. The number of piperazine rings is 1. The predicted octanol–water partition coefficient (Wildman–Crippen LogP) is 4.17. The molecule has 1 aliphatic heterocycles. The molecule has 0 N–H and O–H groups in total. The maximum Gasteiger partial charge on any atom is 0.417 e. The average Bonchev–Trinajstić information content (AvgIpc) is 2.72. The van der Waals surface area contributed by atoms with Crippen LogP contribution in [0.25, 0.3) is 0 Å². The summed E-state index contributed by atoms with van der Waals surface area (Å²) >= 11 is 3.31. The van der Waals surface area contributed by atoms with Crippen molar-refractivity contribution in [2.45, 2.75) is 19.0 Å². The van der Waals surface area contributed by atoms with Crippen LogP contribution in [0.1, 0.15) is 28.8 Å². The van der Waals surface area contributed by atoms with Gasteiger partial charge in [-0.2, -0.15) is 13.2 Å². The third kappa shape index (κ3) is 5.56. The number of anilines is 1. The number of halogens is 4. The summed E-state index contributed by atoms with van der Waals surface area (Å²) in [6.07, 6.45) is -3.32. The molecule has 1 aliphatic rings. The van der Waals surface area contributed by atoms with Crippen LogP contribution in [0.3, 0.4) is 0 Å². The molecule has 9 heteroatoms. The average molecular weight is 470 g/mol. The highest BCUT2D eigenvalue weighted by Crippen LogP contribution is 2.29. The van der Waals surface area contributed by atoms with Crippen molar-refractivity contribution in [3.05, 3.63) is 58.2 Å². The molecule has 1 aromatic heterocycles. The number of rotatable bonds is 5. The van der Waals surface area contributed by atoms with Crippen molar-refractivity contribution in [3.8, 4) is 0 Å². The Morgan fingerprint density at radius 3 is 2.17 bits per heavy atom. The van der Waals surface area contributed by atoms with Gasteiger partial charge in [-0.05, 0) is 24.3 Å². The largest absolute Gasteiger partial charge is 0.417 e. The van der Waals surface area contributed by atoms with Crippen LogP contribution >= 0.6 is 15.9 Å². The van der Waals surface area contributed by atoms with Gasteiger partial charge in [0.25, 0.3) is 0 Å². The van der Waals surface area contributed by atoms with Crippen LogP contribution < -0.4 is 4.90 Å². The van der Waals surface area contributed by atoms with Gasteiger partial charge in [0.1, 0.15) is 5.82 Å². The van der Waals surface area contributed by atoms with Gasteiger partial charge in [-0.3, -0.25) is 9.59 Å². The maximum absolute atomic E-state index is 12.6. The Labute approximate surface area is 174 Å².